The fraction of sp³-hybridized carbons (Fsp3) is 0.417. The third-order valence-corrected chi connectivity index (χ3v) is 7.59. The van der Waals surface area contributed by atoms with E-state index < -0.39 is 10.0 Å². The van der Waals surface area contributed by atoms with Crippen molar-refractivity contribution in [2.75, 3.05) is 32.7 Å². The number of rotatable bonds is 6. The van der Waals surface area contributed by atoms with E-state index in [1.807, 2.05) is 19.1 Å². The number of nitrogens with one attached hydrogen (secondary N) is 2. The molecule has 0 spiro atoms. The highest BCUT2D eigenvalue weighted by Crippen LogP contribution is 2.21. The van der Waals surface area contributed by atoms with Crippen molar-refractivity contribution in [3.05, 3.63) is 65.2 Å². The summed E-state index contributed by atoms with van der Waals surface area (Å²) in [5, 5.41) is 4.06. The minimum Gasteiger partial charge on any atom is -0.325 e. The Hall–Kier alpha value is -2.55. The smallest absolute Gasteiger partial charge is 0.295 e. The Morgan fingerprint density at radius 1 is 1.06 bits per heavy atom. The third-order valence-electron chi connectivity index (χ3n) is 5.68. The summed E-state index contributed by atoms with van der Waals surface area (Å²) in [5.74, 6) is -0.183. The van der Waals surface area contributed by atoms with Gasteiger partial charge in [-0.15, -0.1) is 0 Å². The van der Waals surface area contributed by atoms with Crippen molar-refractivity contribution in [3.8, 4) is 0 Å². The van der Waals surface area contributed by atoms with E-state index >= 15 is 0 Å². The summed E-state index contributed by atoms with van der Waals surface area (Å²) in [4.78, 5) is 13.6. The second-order valence-electron chi connectivity index (χ2n) is 9.31. The Kier molecular flexibility index (Phi) is 7.48. The molecule has 2 aromatic rings. The van der Waals surface area contributed by atoms with Crippen LogP contribution in [0.4, 0.5) is 0 Å². The fourth-order valence-electron chi connectivity index (χ4n) is 3.59. The van der Waals surface area contributed by atoms with Gasteiger partial charge in [0.25, 0.3) is 5.91 Å². The molecule has 0 aromatic heterocycles. The maximum atomic E-state index is 12.8. The van der Waals surface area contributed by atoms with Gasteiger partial charge in [-0.05, 0) is 35.6 Å². The SMILES string of the molecule is Cc1ccc(S(=O)(=O)N2CC[NH+](CC(=O)N/N=C/c3ccc(C(C)(C)C)cc3)CC2)cc1. The molecule has 1 aliphatic heterocycles. The first kappa shape index (κ1) is 24.1. The van der Waals surface area contributed by atoms with Crippen LogP contribution in [-0.2, 0) is 20.2 Å². The first-order chi connectivity index (χ1) is 15.1. The molecule has 2 aromatic carbocycles. The number of quaternary nitrogens is 1. The molecule has 0 aliphatic carbocycles. The van der Waals surface area contributed by atoms with E-state index in [4.69, 9.17) is 0 Å². The lowest BCUT2D eigenvalue weighted by atomic mass is 9.87. The number of piperazine rings is 1. The van der Waals surface area contributed by atoms with Gasteiger partial charge in [-0.2, -0.15) is 9.41 Å². The summed E-state index contributed by atoms with van der Waals surface area (Å²) >= 11 is 0. The largest absolute Gasteiger partial charge is 0.325 e. The Bertz CT molecular complexity index is 1050. The van der Waals surface area contributed by atoms with Crippen molar-refractivity contribution in [3.63, 3.8) is 0 Å². The molecule has 3 rings (SSSR count). The van der Waals surface area contributed by atoms with Crippen LogP contribution >= 0.6 is 0 Å². The molecule has 1 heterocycles. The van der Waals surface area contributed by atoms with Crippen molar-refractivity contribution in [1.82, 2.24) is 9.73 Å². The molecule has 1 aliphatic rings. The monoisotopic (exact) mass is 457 g/mol. The second kappa shape index (κ2) is 9.94. The summed E-state index contributed by atoms with van der Waals surface area (Å²) in [6.45, 7) is 10.6. The van der Waals surface area contributed by atoms with Crippen LogP contribution in [0.25, 0.3) is 0 Å². The molecular weight excluding hydrogens is 424 g/mol. The van der Waals surface area contributed by atoms with Gasteiger partial charge in [-0.1, -0.05) is 62.7 Å². The zero-order chi connectivity index (χ0) is 23.4. The zero-order valence-corrected chi connectivity index (χ0v) is 20.1. The standard InChI is InChI=1S/C24H32N4O3S/c1-19-5-11-22(12-6-19)32(30,31)28-15-13-27(14-16-28)18-23(29)26-25-17-20-7-9-21(10-8-20)24(2,3)4/h5-12,17H,13-16,18H2,1-4H3,(H,26,29)/p+1/b25-17+. The van der Waals surface area contributed by atoms with Crippen molar-refractivity contribution in [2.24, 2.45) is 5.10 Å². The zero-order valence-electron chi connectivity index (χ0n) is 19.3. The number of amides is 1. The number of sulfonamides is 1. The van der Waals surface area contributed by atoms with Crippen LogP contribution in [0.15, 0.2) is 58.5 Å². The number of carbonyl (C=O) groups is 1. The van der Waals surface area contributed by atoms with E-state index in [-0.39, 0.29) is 17.9 Å². The number of hydrogen-bond acceptors (Lipinski definition) is 4. The molecule has 0 unspecified atom stereocenters. The molecule has 0 radical (unpaired) electrons. The highest BCUT2D eigenvalue weighted by molar-refractivity contribution is 7.89. The summed E-state index contributed by atoms with van der Waals surface area (Å²) in [7, 11) is -3.49. The van der Waals surface area contributed by atoms with Crippen molar-refractivity contribution in [1.29, 1.82) is 0 Å². The summed E-state index contributed by atoms with van der Waals surface area (Å²) in [5.41, 5.74) is 5.85. The van der Waals surface area contributed by atoms with Gasteiger partial charge in [-0.3, -0.25) is 4.79 Å². The van der Waals surface area contributed by atoms with Crippen LogP contribution in [0.3, 0.4) is 0 Å². The topological polar surface area (TPSA) is 83.3 Å². The van der Waals surface area contributed by atoms with E-state index in [9.17, 15) is 13.2 Å². The molecule has 0 atom stereocenters. The molecular formula is C24H33N4O3S+. The van der Waals surface area contributed by atoms with Crippen LogP contribution < -0.4 is 10.3 Å². The summed E-state index contributed by atoms with van der Waals surface area (Å²) < 4.78 is 27.1. The molecule has 8 heteroatoms. The Morgan fingerprint density at radius 3 is 2.22 bits per heavy atom. The maximum absolute atomic E-state index is 12.8. The number of nitrogens with zero attached hydrogens (tertiary/aromatic N) is 2. The van der Waals surface area contributed by atoms with Gasteiger partial charge < -0.3 is 4.90 Å². The number of hydrogen-bond donors (Lipinski definition) is 2. The Labute approximate surface area is 191 Å². The third kappa shape index (κ3) is 6.25. The van der Waals surface area contributed by atoms with Gasteiger partial charge in [0.05, 0.1) is 37.3 Å². The number of benzene rings is 2. The molecule has 2 N–H and O–H groups in total. The number of aryl methyl sites for hydroxylation is 1. The highest BCUT2D eigenvalue weighted by Gasteiger charge is 2.31. The predicted octanol–water partition coefficient (Wildman–Crippen LogP) is 1.33. The van der Waals surface area contributed by atoms with E-state index in [0.29, 0.717) is 31.1 Å². The molecule has 32 heavy (non-hydrogen) atoms. The molecule has 172 valence electrons. The van der Waals surface area contributed by atoms with Gasteiger partial charge >= 0.3 is 0 Å². The van der Waals surface area contributed by atoms with Crippen molar-refractivity contribution in [2.45, 2.75) is 38.0 Å². The molecule has 1 saturated heterocycles. The number of carbonyl (C=O) groups excluding carboxylic acids is 1. The van der Waals surface area contributed by atoms with Crippen molar-refractivity contribution >= 4 is 22.1 Å². The molecule has 7 nitrogen and oxygen atoms in total. The van der Waals surface area contributed by atoms with E-state index in [2.05, 4.69) is 43.4 Å². The highest BCUT2D eigenvalue weighted by atomic mass is 32.2. The van der Waals surface area contributed by atoms with Crippen molar-refractivity contribution < 1.29 is 18.1 Å². The fourth-order valence-corrected chi connectivity index (χ4v) is 5.03. The molecule has 1 amide bonds. The van der Waals surface area contributed by atoms with Gasteiger partial charge in [0.1, 0.15) is 0 Å². The predicted molar refractivity (Wildman–Crippen MR) is 126 cm³/mol. The van der Waals surface area contributed by atoms with Gasteiger partial charge in [0.15, 0.2) is 6.54 Å². The van der Waals surface area contributed by atoms with E-state index in [1.165, 1.54) is 9.87 Å². The second-order valence-corrected chi connectivity index (χ2v) is 11.2. The van der Waals surface area contributed by atoms with Gasteiger partial charge in [0, 0.05) is 0 Å². The lowest BCUT2D eigenvalue weighted by Gasteiger charge is -2.31. The minimum absolute atomic E-state index is 0.0934. The van der Waals surface area contributed by atoms with Crippen LogP contribution in [0.2, 0.25) is 0 Å². The lowest BCUT2D eigenvalue weighted by Crippen LogP contribution is -3.15. The molecule has 0 bridgehead atoms. The minimum atomic E-state index is -3.49. The van der Waals surface area contributed by atoms with Crippen LogP contribution in [-0.4, -0.2) is 57.6 Å². The van der Waals surface area contributed by atoms with Gasteiger partial charge in [0.2, 0.25) is 10.0 Å². The molecule has 0 saturated carbocycles. The Balaban J connectivity index is 1.46. The van der Waals surface area contributed by atoms with E-state index in [0.717, 1.165) is 16.0 Å². The average Bonchev–Trinajstić information content (AvgIpc) is 2.74. The molecule has 1 fully saturated rings. The maximum Gasteiger partial charge on any atom is 0.295 e. The lowest BCUT2D eigenvalue weighted by molar-refractivity contribution is -0.895. The van der Waals surface area contributed by atoms with Crippen LogP contribution in [0.1, 0.15) is 37.5 Å². The summed E-state index contributed by atoms with van der Waals surface area (Å²) in [6, 6.07) is 15.0. The van der Waals surface area contributed by atoms with Gasteiger partial charge in [-0.25, -0.2) is 13.8 Å². The van der Waals surface area contributed by atoms with E-state index in [1.54, 1.807) is 30.5 Å². The first-order valence-electron chi connectivity index (χ1n) is 10.9. The normalized spacial score (nSPS) is 16.4. The Morgan fingerprint density at radius 2 is 1.66 bits per heavy atom. The van der Waals surface area contributed by atoms with Crippen LogP contribution in [0, 0.1) is 6.92 Å². The number of hydrazone groups is 1. The quantitative estimate of drug-likeness (QED) is 0.507. The van der Waals surface area contributed by atoms with Crippen LogP contribution in [0.5, 0.6) is 0 Å². The first-order valence-corrected chi connectivity index (χ1v) is 12.3. The summed E-state index contributed by atoms with van der Waals surface area (Å²) in [6.07, 6.45) is 1.63. The average molecular weight is 458 g/mol.